The molecule has 0 aliphatic carbocycles. The molecule has 5 rings (SSSR count). The highest BCUT2D eigenvalue weighted by Gasteiger charge is 2.35. The third-order valence-electron chi connectivity index (χ3n) is 6.26. The van der Waals surface area contributed by atoms with Gasteiger partial charge in [-0.25, -0.2) is 13.6 Å². The second kappa shape index (κ2) is 11.3. The molecule has 1 saturated heterocycles. The van der Waals surface area contributed by atoms with Gasteiger partial charge in [0.25, 0.3) is 0 Å². The van der Waals surface area contributed by atoms with Crippen LogP contribution in [0.4, 0.5) is 8.78 Å². The number of hydrogen-bond donors (Lipinski definition) is 1. The predicted octanol–water partition coefficient (Wildman–Crippen LogP) is 6.77. The molecule has 0 bridgehead atoms. The molecule has 37 heavy (non-hydrogen) atoms. The normalized spacial score (nSPS) is 20.2. The lowest BCUT2D eigenvalue weighted by Gasteiger charge is -2.35. The molecule has 3 heterocycles. The maximum Gasteiger partial charge on any atom is 0.333 e. The van der Waals surface area contributed by atoms with Crippen molar-refractivity contribution in [3.63, 3.8) is 0 Å². The second-order valence-corrected chi connectivity index (χ2v) is 10.5. The Balaban J connectivity index is 1.40. The summed E-state index contributed by atoms with van der Waals surface area (Å²) < 4.78 is 47.0. The van der Waals surface area contributed by atoms with Crippen LogP contribution < -0.4 is 4.74 Å². The van der Waals surface area contributed by atoms with Crippen molar-refractivity contribution in [3.05, 3.63) is 87.1 Å². The fraction of sp³-hybridized carbons (Fsp3) is 0.296. The quantitative estimate of drug-likeness (QED) is 0.292. The summed E-state index contributed by atoms with van der Waals surface area (Å²) in [5.74, 6) is -2.50. The highest BCUT2D eigenvalue weighted by Crippen LogP contribution is 2.44. The number of halogens is 3. The summed E-state index contributed by atoms with van der Waals surface area (Å²) in [5.41, 5.74) is 2.38. The summed E-state index contributed by atoms with van der Waals surface area (Å²) in [4.78, 5) is 13.2. The van der Waals surface area contributed by atoms with E-state index in [9.17, 15) is 18.7 Å². The molecule has 0 saturated carbocycles. The smallest absolute Gasteiger partial charge is 0.333 e. The van der Waals surface area contributed by atoms with Gasteiger partial charge in [0.05, 0.1) is 28.5 Å². The first-order valence-electron chi connectivity index (χ1n) is 11.8. The molecule has 0 radical (unpaired) electrons. The minimum atomic E-state index is -1.22. The minimum absolute atomic E-state index is 0.0548. The third-order valence-corrected chi connectivity index (χ3v) is 7.89. The summed E-state index contributed by atoms with van der Waals surface area (Å²) in [7, 11) is 0. The van der Waals surface area contributed by atoms with Gasteiger partial charge in [-0.15, -0.1) is 11.3 Å². The average Bonchev–Trinajstić information content (AvgIpc) is 3.36. The summed E-state index contributed by atoms with van der Waals surface area (Å²) in [6.07, 6.45) is 2.23. The van der Waals surface area contributed by atoms with Crippen LogP contribution >= 0.6 is 27.5 Å². The third kappa shape index (κ3) is 5.72. The highest BCUT2D eigenvalue weighted by atomic mass is 79.9. The monoisotopic (exact) mass is 591 g/mol. The minimum Gasteiger partial charge on any atom is -0.479 e. The summed E-state index contributed by atoms with van der Waals surface area (Å²) >= 11 is 4.94. The van der Waals surface area contributed by atoms with Crippen LogP contribution in [0.25, 0.3) is 11.8 Å². The molecule has 1 aromatic heterocycles. The molecule has 0 amide bonds. The van der Waals surface area contributed by atoms with Crippen molar-refractivity contribution in [2.45, 2.75) is 44.3 Å². The summed E-state index contributed by atoms with van der Waals surface area (Å²) in [6.45, 7) is 0.632. The van der Waals surface area contributed by atoms with Gasteiger partial charge in [-0.3, -0.25) is 3.93 Å². The van der Waals surface area contributed by atoms with Crippen LogP contribution in [-0.2, 0) is 20.7 Å². The van der Waals surface area contributed by atoms with E-state index in [4.69, 9.17) is 14.2 Å². The Hall–Kier alpha value is -2.79. The number of ether oxygens (including phenoxy) is 3. The summed E-state index contributed by atoms with van der Waals surface area (Å²) in [5, 5.41) is 12.0. The van der Waals surface area contributed by atoms with E-state index in [-0.39, 0.29) is 12.7 Å². The van der Waals surface area contributed by atoms with Crippen LogP contribution in [0.2, 0.25) is 0 Å². The van der Waals surface area contributed by atoms with Gasteiger partial charge < -0.3 is 19.3 Å². The number of thiophene rings is 1. The van der Waals surface area contributed by atoms with Gasteiger partial charge in [0.2, 0.25) is 0 Å². The van der Waals surface area contributed by atoms with Gasteiger partial charge in [-0.1, -0.05) is 18.2 Å². The molecule has 6 nitrogen and oxygen atoms in total. The fourth-order valence-electron chi connectivity index (χ4n) is 4.36. The van der Waals surface area contributed by atoms with Crippen molar-refractivity contribution in [1.29, 1.82) is 0 Å². The van der Waals surface area contributed by atoms with E-state index in [1.54, 1.807) is 9.99 Å². The van der Waals surface area contributed by atoms with Gasteiger partial charge in [-0.05, 0) is 60.2 Å². The van der Waals surface area contributed by atoms with Crippen molar-refractivity contribution in [3.8, 4) is 5.75 Å². The van der Waals surface area contributed by atoms with Crippen LogP contribution in [-0.4, -0.2) is 34.0 Å². The Labute approximate surface area is 225 Å². The van der Waals surface area contributed by atoms with E-state index in [1.807, 2.05) is 35.7 Å². The SMILES string of the molecule is O=C(O)[C@@H](Cc1ccccc1OC1CCCCO1)OC1c2ccsc2C=C(c2ccc(F)c(F)c2)N1Br. The van der Waals surface area contributed by atoms with Gasteiger partial charge in [-0.2, -0.15) is 0 Å². The Morgan fingerprint density at radius 1 is 1.19 bits per heavy atom. The maximum atomic E-state index is 14.0. The predicted molar refractivity (Wildman–Crippen MR) is 139 cm³/mol. The maximum absolute atomic E-state index is 14.0. The Morgan fingerprint density at radius 2 is 2.03 bits per heavy atom. The Kier molecular flexibility index (Phi) is 7.89. The van der Waals surface area contributed by atoms with Crippen LogP contribution in [0.15, 0.2) is 53.9 Å². The molecule has 10 heteroatoms. The number of hydrogen-bond acceptors (Lipinski definition) is 6. The number of fused-ring (bicyclic) bond motifs is 1. The molecule has 194 valence electrons. The van der Waals surface area contributed by atoms with E-state index < -0.39 is 29.9 Å². The molecule has 2 aromatic carbocycles. The van der Waals surface area contributed by atoms with Gasteiger partial charge in [0, 0.05) is 28.8 Å². The van der Waals surface area contributed by atoms with E-state index >= 15 is 0 Å². The lowest BCUT2D eigenvalue weighted by molar-refractivity contribution is -0.158. The molecule has 2 aliphatic heterocycles. The first kappa shape index (κ1) is 25.8. The van der Waals surface area contributed by atoms with Gasteiger partial charge in [0.15, 0.2) is 30.3 Å². The van der Waals surface area contributed by atoms with Crippen LogP contribution in [0.1, 0.15) is 47.1 Å². The first-order chi connectivity index (χ1) is 17.9. The molecular weight excluding hydrogens is 568 g/mol. The van der Waals surface area contributed by atoms with E-state index in [0.717, 1.165) is 41.8 Å². The average molecular weight is 592 g/mol. The standard InChI is InChI=1S/C27H24BrF2NO5S/c28-31-21(16-8-9-19(29)20(30)13-16)15-24-18(10-12-37-24)26(31)36-23(27(32)33)14-17-5-1-2-6-22(17)35-25-7-3-4-11-34-25/h1-2,5-6,8-10,12-13,15,23,25-26H,3-4,7,11,14H2,(H,32,33)/t23-,25?,26?/m1/s1. The van der Waals surface area contributed by atoms with Crippen molar-refractivity contribution in [1.82, 2.24) is 3.93 Å². The van der Waals surface area contributed by atoms with Gasteiger partial charge >= 0.3 is 5.97 Å². The molecule has 2 aliphatic rings. The lowest BCUT2D eigenvalue weighted by Crippen LogP contribution is -2.34. The topological polar surface area (TPSA) is 68.2 Å². The van der Waals surface area contributed by atoms with Crippen LogP contribution in [0.5, 0.6) is 5.75 Å². The fourth-order valence-corrected chi connectivity index (χ4v) is 5.83. The highest BCUT2D eigenvalue weighted by molar-refractivity contribution is 9.07. The van der Waals surface area contributed by atoms with Crippen molar-refractivity contribution in [2.75, 3.05) is 6.61 Å². The Morgan fingerprint density at radius 3 is 2.78 bits per heavy atom. The van der Waals surface area contributed by atoms with E-state index in [2.05, 4.69) is 16.1 Å². The molecule has 2 unspecified atom stereocenters. The second-order valence-electron chi connectivity index (χ2n) is 8.75. The summed E-state index contributed by atoms with van der Waals surface area (Å²) in [6, 6.07) is 12.7. The Bertz CT molecular complexity index is 1310. The molecular formula is C27H24BrF2NO5S. The number of aliphatic carboxylic acids is 1. The number of para-hydroxylation sites is 1. The van der Waals surface area contributed by atoms with Crippen molar-refractivity contribution < 1.29 is 32.9 Å². The molecule has 3 atom stereocenters. The molecule has 0 spiro atoms. The number of carboxylic acid groups (broad SMARTS) is 1. The van der Waals surface area contributed by atoms with E-state index in [1.165, 1.54) is 17.4 Å². The molecule has 1 N–H and O–H groups in total. The largest absolute Gasteiger partial charge is 0.479 e. The molecule has 3 aromatic rings. The number of nitrogens with zero attached hydrogens (tertiary/aromatic N) is 1. The van der Waals surface area contributed by atoms with Crippen molar-refractivity contribution >= 4 is 45.2 Å². The van der Waals surface area contributed by atoms with Crippen molar-refractivity contribution in [2.24, 2.45) is 0 Å². The number of rotatable bonds is 8. The molecule has 1 fully saturated rings. The number of carbonyl (C=O) groups is 1. The lowest BCUT2D eigenvalue weighted by atomic mass is 10.0. The zero-order valence-corrected chi connectivity index (χ0v) is 22.0. The zero-order valence-electron chi connectivity index (χ0n) is 19.6. The first-order valence-corrected chi connectivity index (χ1v) is 13.4. The van der Waals surface area contributed by atoms with E-state index in [0.29, 0.717) is 29.2 Å². The van der Waals surface area contributed by atoms with Crippen LogP contribution in [0, 0.1) is 11.6 Å². The number of benzene rings is 2. The zero-order chi connectivity index (χ0) is 25.9. The number of carboxylic acids is 1. The van der Waals surface area contributed by atoms with Gasteiger partial charge in [0.1, 0.15) is 5.75 Å². The van der Waals surface area contributed by atoms with Crippen LogP contribution in [0.3, 0.4) is 0 Å².